The van der Waals surface area contributed by atoms with E-state index in [0.29, 0.717) is 36.6 Å². The van der Waals surface area contributed by atoms with Crippen LogP contribution in [0.4, 0.5) is 0 Å². The summed E-state index contributed by atoms with van der Waals surface area (Å²) in [6.45, 7) is 0.660. The van der Waals surface area contributed by atoms with Crippen LogP contribution in [0.2, 0.25) is 0 Å². The van der Waals surface area contributed by atoms with Gasteiger partial charge in [-0.1, -0.05) is 78.9 Å². The Morgan fingerprint density at radius 1 is 0.914 bits per heavy atom. The predicted octanol–water partition coefficient (Wildman–Crippen LogP) is 5.88. The van der Waals surface area contributed by atoms with Crippen molar-refractivity contribution >= 4 is 17.2 Å². The molecule has 0 N–H and O–H groups in total. The zero-order chi connectivity index (χ0) is 24.0. The lowest BCUT2D eigenvalue weighted by Gasteiger charge is -2.20. The second kappa shape index (κ2) is 10.5. The molecule has 174 valence electrons. The number of nitrogens with zero attached hydrogens (tertiary/aromatic N) is 3. The molecule has 1 aliphatic rings. The van der Waals surface area contributed by atoms with Gasteiger partial charge >= 0.3 is 0 Å². The summed E-state index contributed by atoms with van der Waals surface area (Å²) in [7, 11) is 0. The number of rotatable bonds is 7. The predicted molar refractivity (Wildman–Crippen MR) is 139 cm³/mol. The number of benzene rings is 2. The Bertz CT molecular complexity index is 1420. The van der Waals surface area contributed by atoms with Gasteiger partial charge in [-0.2, -0.15) is 0 Å². The van der Waals surface area contributed by atoms with Gasteiger partial charge in [0.05, 0.1) is 23.0 Å². The highest BCUT2D eigenvalue weighted by Crippen LogP contribution is 2.35. The number of pyridine rings is 1. The molecule has 0 aliphatic heterocycles. The van der Waals surface area contributed by atoms with Crippen molar-refractivity contribution in [3.05, 3.63) is 130 Å². The van der Waals surface area contributed by atoms with Gasteiger partial charge in [0.1, 0.15) is 6.61 Å². The molecule has 35 heavy (non-hydrogen) atoms. The smallest absolute Gasteiger partial charge is 0.275 e. The van der Waals surface area contributed by atoms with E-state index in [1.807, 2.05) is 91.0 Å². The molecule has 0 fully saturated rings. The van der Waals surface area contributed by atoms with Crippen LogP contribution < -0.4 is 10.3 Å². The van der Waals surface area contributed by atoms with Crippen molar-refractivity contribution in [2.75, 3.05) is 0 Å². The number of aromatic nitrogens is 3. The minimum absolute atomic E-state index is 0.0803. The van der Waals surface area contributed by atoms with Gasteiger partial charge < -0.3 is 4.74 Å². The molecule has 1 atom stereocenters. The van der Waals surface area contributed by atoms with E-state index in [1.54, 1.807) is 12.4 Å². The van der Waals surface area contributed by atoms with Crippen LogP contribution in [0.15, 0.2) is 108 Å². The molecule has 4 aromatic rings. The molecule has 2 aromatic carbocycles. The van der Waals surface area contributed by atoms with E-state index < -0.39 is 0 Å². The third kappa shape index (κ3) is 5.26. The molecular formula is C29H24ClN3O2. The lowest BCUT2D eigenvalue weighted by atomic mass is 9.93. The molecule has 6 heteroatoms. The van der Waals surface area contributed by atoms with E-state index in [-0.39, 0.29) is 10.9 Å². The lowest BCUT2D eigenvalue weighted by molar-refractivity contribution is 0.283. The van der Waals surface area contributed by atoms with E-state index >= 15 is 0 Å². The highest BCUT2D eigenvalue weighted by molar-refractivity contribution is 6.22. The standard InChI is InChI=1S/C29H24ClN3O2/c30-25-13-11-23(12-14-25)26-27(24-15-17-31-18-16-24)29(34)33(19-21-7-3-1-4-8-21)32-28(26)35-20-22-9-5-2-6-10-22/h1-13,15-18,25H,14,19-20H2. The molecule has 2 heterocycles. The number of alkyl halides is 1. The fourth-order valence-electron chi connectivity index (χ4n) is 4.07. The van der Waals surface area contributed by atoms with Crippen LogP contribution in [0.1, 0.15) is 23.1 Å². The van der Waals surface area contributed by atoms with E-state index in [1.165, 1.54) is 4.68 Å². The minimum Gasteiger partial charge on any atom is -0.471 e. The van der Waals surface area contributed by atoms with Crippen LogP contribution >= 0.6 is 11.6 Å². The minimum atomic E-state index is -0.190. The van der Waals surface area contributed by atoms with Gasteiger partial charge in [-0.15, -0.1) is 16.7 Å². The zero-order valence-electron chi connectivity index (χ0n) is 19.0. The van der Waals surface area contributed by atoms with Crippen LogP contribution in [0.25, 0.3) is 16.7 Å². The van der Waals surface area contributed by atoms with Gasteiger partial charge in [0, 0.05) is 12.4 Å². The maximum Gasteiger partial charge on any atom is 0.275 e. The van der Waals surface area contributed by atoms with Gasteiger partial charge in [-0.05, 0) is 40.8 Å². The van der Waals surface area contributed by atoms with Gasteiger partial charge in [0.15, 0.2) is 0 Å². The fraction of sp³-hybridized carbons (Fsp3) is 0.138. The quantitative estimate of drug-likeness (QED) is 0.309. The second-order valence-electron chi connectivity index (χ2n) is 8.28. The molecule has 0 bridgehead atoms. The van der Waals surface area contributed by atoms with E-state index in [9.17, 15) is 4.79 Å². The maximum atomic E-state index is 13.9. The highest BCUT2D eigenvalue weighted by Gasteiger charge is 2.24. The first-order valence-electron chi connectivity index (χ1n) is 11.5. The van der Waals surface area contributed by atoms with Crippen LogP contribution in [0, 0.1) is 0 Å². The molecule has 2 aromatic heterocycles. The Morgan fingerprint density at radius 3 is 2.26 bits per heavy atom. The first kappa shape index (κ1) is 22.8. The van der Waals surface area contributed by atoms with Crippen LogP contribution in [0.3, 0.4) is 0 Å². The van der Waals surface area contributed by atoms with Crippen LogP contribution in [-0.4, -0.2) is 20.1 Å². The summed E-state index contributed by atoms with van der Waals surface area (Å²) in [6.07, 6.45) is 9.95. The summed E-state index contributed by atoms with van der Waals surface area (Å²) < 4.78 is 7.78. The topological polar surface area (TPSA) is 57.0 Å². The summed E-state index contributed by atoms with van der Waals surface area (Å²) >= 11 is 6.30. The zero-order valence-corrected chi connectivity index (χ0v) is 19.8. The van der Waals surface area contributed by atoms with Crippen molar-refractivity contribution in [3.8, 4) is 17.0 Å². The summed E-state index contributed by atoms with van der Waals surface area (Å²) in [5.41, 5.74) is 4.63. The third-order valence-electron chi connectivity index (χ3n) is 5.82. The largest absolute Gasteiger partial charge is 0.471 e. The molecular weight excluding hydrogens is 458 g/mol. The van der Waals surface area contributed by atoms with Crippen molar-refractivity contribution in [2.24, 2.45) is 0 Å². The Balaban J connectivity index is 1.69. The van der Waals surface area contributed by atoms with Gasteiger partial charge in [0.2, 0.25) is 5.88 Å². The number of allylic oxidation sites excluding steroid dienone is 4. The Labute approximate surface area is 209 Å². The molecule has 1 unspecified atom stereocenters. The second-order valence-corrected chi connectivity index (χ2v) is 8.84. The highest BCUT2D eigenvalue weighted by atomic mass is 35.5. The molecule has 0 amide bonds. The monoisotopic (exact) mass is 481 g/mol. The summed E-state index contributed by atoms with van der Waals surface area (Å²) in [5, 5.41) is 4.64. The van der Waals surface area contributed by atoms with Gasteiger partial charge in [-0.3, -0.25) is 9.78 Å². The first-order valence-corrected chi connectivity index (χ1v) is 11.9. The number of hydrogen-bond acceptors (Lipinski definition) is 4. The van der Waals surface area contributed by atoms with Crippen molar-refractivity contribution in [3.63, 3.8) is 0 Å². The van der Waals surface area contributed by atoms with Crippen molar-refractivity contribution in [1.29, 1.82) is 0 Å². The number of halogens is 1. The molecule has 1 aliphatic carbocycles. The normalized spacial score (nSPS) is 15.0. The van der Waals surface area contributed by atoms with Crippen molar-refractivity contribution in [1.82, 2.24) is 14.8 Å². The summed E-state index contributed by atoms with van der Waals surface area (Å²) in [5.74, 6) is 0.403. The number of hydrogen-bond donors (Lipinski definition) is 0. The van der Waals surface area contributed by atoms with E-state index in [4.69, 9.17) is 21.4 Å². The molecule has 0 saturated heterocycles. The SMILES string of the molecule is O=c1c(-c2ccncc2)c(C2=CCC(Cl)C=C2)c(OCc2ccccc2)nn1Cc1ccccc1. The third-order valence-corrected chi connectivity index (χ3v) is 6.15. The molecule has 0 saturated carbocycles. The Hall–Kier alpha value is -3.96. The lowest BCUT2D eigenvalue weighted by Crippen LogP contribution is -2.27. The average molecular weight is 482 g/mol. The summed E-state index contributed by atoms with van der Waals surface area (Å²) in [4.78, 5) is 18.0. The number of ether oxygens (including phenoxy) is 1. The molecule has 5 nitrogen and oxygen atoms in total. The molecule has 5 rings (SSSR count). The fourth-order valence-corrected chi connectivity index (χ4v) is 4.23. The molecule has 0 radical (unpaired) electrons. The maximum absolute atomic E-state index is 13.9. The van der Waals surface area contributed by atoms with Gasteiger partial charge in [0.25, 0.3) is 5.56 Å². The van der Waals surface area contributed by atoms with E-state index in [2.05, 4.69) is 4.98 Å². The molecule has 0 spiro atoms. The Kier molecular flexibility index (Phi) is 6.87. The summed E-state index contributed by atoms with van der Waals surface area (Å²) in [6, 6.07) is 23.4. The van der Waals surface area contributed by atoms with Crippen molar-refractivity contribution in [2.45, 2.75) is 24.9 Å². The average Bonchev–Trinajstić information content (AvgIpc) is 2.91. The van der Waals surface area contributed by atoms with Crippen molar-refractivity contribution < 1.29 is 4.74 Å². The Morgan fingerprint density at radius 2 is 1.60 bits per heavy atom. The van der Waals surface area contributed by atoms with Crippen LogP contribution in [-0.2, 0) is 13.2 Å². The first-order chi connectivity index (χ1) is 17.2. The van der Waals surface area contributed by atoms with E-state index in [0.717, 1.165) is 22.3 Å². The van der Waals surface area contributed by atoms with Gasteiger partial charge in [-0.25, -0.2) is 4.68 Å². The van der Waals surface area contributed by atoms with Crippen LogP contribution in [0.5, 0.6) is 5.88 Å².